The van der Waals surface area contributed by atoms with Gasteiger partial charge >= 0.3 is 0 Å². The minimum atomic E-state index is -0.115. The Morgan fingerprint density at radius 3 is 3.33 bits per heavy atom. The molecule has 48 valence electrons. The van der Waals surface area contributed by atoms with Crippen molar-refractivity contribution in [2.45, 2.75) is 6.92 Å². The van der Waals surface area contributed by atoms with Crippen molar-refractivity contribution < 1.29 is 4.79 Å². The van der Waals surface area contributed by atoms with Gasteiger partial charge in [0, 0.05) is 0 Å². The third-order valence-electron chi connectivity index (χ3n) is 0.928. The molecule has 0 atom stereocenters. The number of hydrogen-bond acceptors (Lipinski definition) is 3. The molecule has 4 heteroatoms. The SMILES string of the molecule is CC1=NCC(=O)NC=N1. The quantitative estimate of drug-likeness (QED) is 0.469. The Morgan fingerprint density at radius 2 is 2.56 bits per heavy atom. The van der Waals surface area contributed by atoms with Crippen LogP contribution < -0.4 is 5.32 Å². The van der Waals surface area contributed by atoms with Crippen molar-refractivity contribution in [1.82, 2.24) is 5.32 Å². The van der Waals surface area contributed by atoms with Crippen molar-refractivity contribution in [3.63, 3.8) is 0 Å². The molecule has 1 aliphatic heterocycles. The summed E-state index contributed by atoms with van der Waals surface area (Å²) in [5.74, 6) is 0.518. The Bertz CT molecular complexity index is 183. The van der Waals surface area contributed by atoms with Gasteiger partial charge in [0.2, 0.25) is 5.91 Å². The monoisotopic (exact) mass is 125 g/mol. The molecule has 0 aliphatic carbocycles. The third kappa shape index (κ3) is 1.64. The standard InChI is InChI=1S/C5H7N3O/c1-4-6-2-5(9)8-3-7-4/h3H,2H2,1H3,(H,6,7,8,9). The fourth-order valence-corrected chi connectivity index (χ4v) is 0.470. The van der Waals surface area contributed by atoms with Gasteiger partial charge in [-0.3, -0.25) is 9.79 Å². The lowest BCUT2D eigenvalue weighted by molar-refractivity contribution is -0.118. The van der Waals surface area contributed by atoms with Crippen molar-refractivity contribution in [1.29, 1.82) is 0 Å². The predicted octanol–water partition coefficient (Wildman–Crippen LogP) is -0.437. The molecule has 1 N–H and O–H groups in total. The molecule has 4 nitrogen and oxygen atoms in total. The van der Waals surface area contributed by atoms with Crippen LogP contribution in [0.3, 0.4) is 0 Å². The molecule has 0 bridgehead atoms. The van der Waals surface area contributed by atoms with Crippen LogP contribution in [0.1, 0.15) is 6.92 Å². The highest BCUT2D eigenvalue weighted by atomic mass is 16.1. The first kappa shape index (κ1) is 5.94. The average molecular weight is 125 g/mol. The van der Waals surface area contributed by atoms with Gasteiger partial charge in [0.15, 0.2) is 0 Å². The molecule has 0 fully saturated rings. The third-order valence-corrected chi connectivity index (χ3v) is 0.928. The number of amides is 1. The Kier molecular flexibility index (Phi) is 1.58. The molecule has 0 spiro atoms. The largest absolute Gasteiger partial charge is 0.315 e. The second-order valence-electron chi connectivity index (χ2n) is 1.69. The smallest absolute Gasteiger partial charge is 0.246 e. The summed E-state index contributed by atoms with van der Waals surface area (Å²) in [5, 5.41) is 2.43. The van der Waals surface area contributed by atoms with Crippen molar-refractivity contribution in [3.8, 4) is 0 Å². The second-order valence-corrected chi connectivity index (χ2v) is 1.69. The maximum atomic E-state index is 10.5. The van der Waals surface area contributed by atoms with E-state index in [1.54, 1.807) is 6.92 Å². The van der Waals surface area contributed by atoms with E-state index >= 15 is 0 Å². The van der Waals surface area contributed by atoms with E-state index in [0.717, 1.165) is 0 Å². The molecule has 1 heterocycles. The second kappa shape index (κ2) is 2.39. The van der Waals surface area contributed by atoms with Crippen LogP contribution in [-0.2, 0) is 4.79 Å². The van der Waals surface area contributed by atoms with Crippen molar-refractivity contribution >= 4 is 18.1 Å². The van der Waals surface area contributed by atoms with Crippen LogP contribution in [0.5, 0.6) is 0 Å². The van der Waals surface area contributed by atoms with E-state index in [4.69, 9.17) is 0 Å². The lowest BCUT2D eigenvalue weighted by Crippen LogP contribution is -2.22. The van der Waals surface area contributed by atoms with E-state index in [0.29, 0.717) is 5.84 Å². The molecular formula is C5H7N3O. The highest BCUT2D eigenvalue weighted by Crippen LogP contribution is 1.82. The zero-order valence-electron chi connectivity index (χ0n) is 5.09. The summed E-state index contributed by atoms with van der Waals surface area (Å²) in [6.07, 6.45) is 1.36. The predicted molar refractivity (Wildman–Crippen MR) is 34.6 cm³/mol. The van der Waals surface area contributed by atoms with Crippen molar-refractivity contribution in [2.75, 3.05) is 6.54 Å². The molecule has 0 aromatic heterocycles. The van der Waals surface area contributed by atoms with Gasteiger partial charge in [-0.05, 0) is 6.92 Å². The summed E-state index contributed by atoms with van der Waals surface area (Å²) in [6, 6.07) is 0. The molecule has 0 aromatic carbocycles. The molecule has 0 aromatic rings. The Balaban J connectivity index is 2.69. The Hall–Kier alpha value is -1.19. The number of hydrogen-bond donors (Lipinski definition) is 1. The first-order valence-electron chi connectivity index (χ1n) is 2.62. The maximum absolute atomic E-state index is 10.5. The molecule has 1 aliphatic rings. The van der Waals surface area contributed by atoms with Crippen LogP contribution in [0, 0.1) is 0 Å². The summed E-state index contributed by atoms with van der Waals surface area (Å²) in [5.41, 5.74) is 0. The fourth-order valence-electron chi connectivity index (χ4n) is 0.470. The number of carbonyl (C=O) groups is 1. The number of nitrogens with one attached hydrogen (secondary N) is 1. The van der Waals surface area contributed by atoms with Crippen LogP contribution in [0.15, 0.2) is 9.98 Å². The summed E-state index contributed by atoms with van der Waals surface area (Å²) in [4.78, 5) is 18.1. The van der Waals surface area contributed by atoms with E-state index in [9.17, 15) is 4.79 Å². The number of nitrogens with zero attached hydrogens (tertiary/aromatic N) is 2. The zero-order chi connectivity index (χ0) is 6.69. The molecule has 1 amide bonds. The van der Waals surface area contributed by atoms with Crippen LogP contribution >= 0.6 is 0 Å². The van der Waals surface area contributed by atoms with E-state index in [1.807, 2.05) is 0 Å². The number of amidine groups is 1. The Morgan fingerprint density at radius 1 is 1.78 bits per heavy atom. The lowest BCUT2D eigenvalue weighted by atomic mass is 10.6. The molecule has 0 saturated carbocycles. The summed E-state index contributed by atoms with van der Waals surface area (Å²) in [6.45, 7) is 1.93. The van der Waals surface area contributed by atoms with Crippen LogP contribution in [0.4, 0.5) is 0 Å². The fraction of sp³-hybridized carbons (Fsp3) is 0.400. The van der Waals surface area contributed by atoms with Gasteiger partial charge in [-0.15, -0.1) is 0 Å². The number of carbonyl (C=O) groups excluding carboxylic acids is 1. The van der Waals surface area contributed by atoms with E-state index in [-0.39, 0.29) is 12.5 Å². The zero-order valence-corrected chi connectivity index (χ0v) is 5.09. The van der Waals surface area contributed by atoms with Gasteiger partial charge in [0.1, 0.15) is 12.4 Å². The molecule has 0 saturated heterocycles. The first-order valence-corrected chi connectivity index (χ1v) is 2.62. The molecule has 9 heavy (non-hydrogen) atoms. The van der Waals surface area contributed by atoms with Gasteiger partial charge in [0.05, 0.1) is 6.34 Å². The van der Waals surface area contributed by atoms with E-state index in [2.05, 4.69) is 15.3 Å². The maximum Gasteiger partial charge on any atom is 0.246 e. The van der Waals surface area contributed by atoms with Crippen LogP contribution in [-0.4, -0.2) is 24.6 Å². The van der Waals surface area contributed by atoms with Crippen molar-refractivity contribution in [2.24, 2.45) is 9.98 Å². The minimum Gasteiger partial charge on any atom is -0.315 e. The molecule has 0 unspecified atom stereocenters. The molecular weight excluding hydrogens is 118 g/mol. The average Bonchev–Trinajstić information content (AvgIpc) is 1.97. The molecule has 1 rings (SSSR count). The van der Waals surface area contributed by atoms with Gasteiger partial charge in [-0.1, -0.05) is 0 Å². The number of rotatable bonds is 0. The van der Waals surface area contributed by atoms with Crippen LogP contribution in [0.25, 0.3) is 0 Å². The van der Waals surface area contributed by atoms with Gasteiger partial charge in [-0.25, -0.2) is 4.99 Å². The lowest BCUT2D eigenvalue weighted by Gasteiger charge is -1.87. The van der Waals surface area contributed by atoms with Crippen molar-refractivity contribution in [3.05, 3.63) is 0 Å². The van der Waals surface area contributed by atoms with E-state index in [1.165, 1.54) is 6.34 Å². The van der Waals surface area contributed by atoms with Gasteiger partial charge in [-0.2, -0.15) is 0 Å². The first-order chi connectivity index (χ1) is 4.29. The topological polar surface area (TPSA) is 53.8 Å². The van der Waals surface area contributed by atoms with Crippen LogP contribution in [0.2, 0.25) is 0 Å². The number of aliphatic imine (C=N–C) groups is 2. The normalized spacial score (nSPS) is 18.3. The Labute approximate surface area is 52.7 Å². The highest BCUT2D eigenvalue weighted by molar-refractivity contribution is 5.98. The molecule has 0 radical (unpaired) electrons. The summed E-state index contributed by atoms with van der Waals surface area (Å²) in [7, 11) is 0. The van der Waals surface area contributed by atoms with Gasteiger partial charge < -0.3 is 5.32 Å². The van der Waals surface area contributed by atoms with Gasteiger partial charge in [0.25, 0.3) is 0 Å². The highest BCUT2D eigenvalue weighted by Gasteiger charge is 1.99. The van der Waals surface area contributed by atoms with E-state index < -0.39 is 0 Å². The minimum absolute atomic E-state index is 0.115. The summed E-state index contributed by atoms with van der Waals surface area (Å²) >= 11 is 0. The summed E-state index contributed by atoms with van der Waals surface area (Å²) < 4.78 is 0.